The predicted molar refractivity (Wildman–Crippen MR) is 74.1 cm³/mol. The summed E-state index contributed by atoms with van der Waals surface area (Å²) >= 11 is 0. The van der Waals surface area contributed by atoms with Crippen LogP contribution in [0.15, 0.2) is 30.5 Å². The molecule has 1 amide bonds. The summed E-state index contributed by atoms with van der Waals surface area (Å²) in [5.74, 6) is 0.0259. The van der Waals surface area contributed by atoms with Gasteiger partial charge in [-0.1, -0.05) is 0 Å². The largest absolute Gasteiger partial charge is 0.394 e. The molecule has 3 rings (SSSR count). The van der Waals surface area contributed by atoms with Gasteiger partial charge in [0.05, 0.1) is 12.6 Å². The van der Waals surface area contributed by atoms with Gasteiger partial charge in [-0.25, -0.2) is 4.98 Å². The highest BCUT2D eigenvalue weighted by Crippen LogP contribution is 2.29. The van der Waals surface area contributed by atoms with Crippen molar-refractivity contribution >= 4 is 22.4 Å². The second kappa shape index (κ2) is 4.91. The van der Waals surface area contributed by atoms with Crippen molar-refractivity contribution < 1.29 is 9.90 Å². The third-order valence-electron chi connectivity index (χ3n) is 3.67. The standard InChI is InChI=1S/C15H13N3O2/c16-8-14-13-3-1-11(7-10(13)5-6-17-14)18-12(9-19)2-4-15(18)20/h1,3,5-7,12,19H,2,4,9H2/t12-/m0/s1. The number of aromatic nitrogens is 1. The van der Waals surface area contributed by atoms with E-state index in [2.05, 4.69) is 11.1 Å². The molecule has 1 aromatic carbocycles. The summed E-state index contributed by atoms with van der Waals surface area (Å²) < 4.78 is 0. The average Bonchev–Trinajstić information content (AvgIpc) is 2.86. The number of fused-ring (bicyclic) bond motifs is 1. The van der Waals surface area contributed by atoms with E-state index in [1.54, 1.807) is 23.2 Å². The van der Waals surface area contributed by atoms with Crippen LogP contribution < -0.4 is 4.90 Å². The molecule has 0 spiro atoms. The van der Waals surface area contributed by atoms with E-state index in [4.69, 9.17) is 5.26 Å². The minimum Gasteiger partial charge on any atom is -0.394 e. The van der Waals surface area contributed by atoms with Gasteiger partial charge in [0, 0.05) is 23.7 Å². The van der Waals surface area contributed by atoms with Gasteiger partial charge >= 0.3 is 0 Å². The van der Waals surface area contributed by atoms with Crippen LogP contribution in [0.1, 0.15) is 18.5 Å². The van der Waals surface area contributed by atoms with Gasteiger partial charge in [0.25, 0.3) is 0 Å². The van der Waals surface area contributed by atoms with Crippen LogP contribution in [0, 0.1) is 11.3 Å². The molecule has 1 aliphatic rings. The Morgan fingerprint density at radius 3 is 3.05 bits per heavy atom. The van der Waals surface area contributed by atoms with Crippen molar-refractivity contribution in [1.82, 2.24) is 4.98 Å². The van der Waals surface area contributed by atoms with Crippen molar-refractivity contribution in [3.05, 3.63) is 36.2 Å². The van der Waals surface area contributed by atoms with Crippen LogP contribution in [0.2, 0.25) is 0 Å². The smallest absolute Gasteiger partial charge is 0.227 e. The first-order valence-corrected chi connectivity index (χ1v) is 6.46. The van der Waals surface area contributed by atoms with Gasteiger partial charge < -0.3 is 10.0 Å². The molecule has 100 valence electrons. The number of hydrogen-bond donors (Lipinski definition) is 1. The van der Waals surface area contributed by atoms with E-state index in [-0.39, 0.29) is 18.6 Å². The highest BCUT2D eigenvalue weighted by atomic mass is 16.3. The van der Waals surface area contributed by atoms with Crippen molar-refractivity contribution in [2.75, 3.05) is 11.5 Å². The molecule has 1 saturated heterocycles. The summed E-state index contributed by atoms with van der Waals surface area (Å²) in [6.07, 6.45) is 2.72. The van der Waals surface area contributed by atoms with E-state index in [1.807, 2.05) is 12.1 Å². The zero-order chi connectivity index (χ0) is 14.1. The SMILES string of the molecule is N#Cc1nccc2cc(N3C(=O)CC[C@H]3CO)ccc12. The second-order valence-corrected chi connectivity index (χ2v) is 4.82. The molecule has 5 nitrogen and oxygen atoms in total. The van der Waals surface area contributed by atoms with Crippen LogP contribution in [0.4, 0.5) is 5.69 Å². The third-order valence-corrected chi connectivity index (χ3v) is 3.67. The Balaban J connectivity index is 2.10. The molecule has 0 radical (unpaired) electrons. The highest BCUT2D eigenvalue weighted by molar-refractivity contribution is 5.99. The molecule has 1 fully saturated rings. The van der Waals surface area contributed by atoms with Crippen molar-refractivity contribution in [2.45, 2.75) is 18.9 Å². The van der Waals surface area contributed by atoms with Crippen LogP contribution in [-0.4, -0.2) is 28.6 Å². The molecule has 1 aromatic heterocycles. The van der Waals surface area contributed by atoms with Gasteiger partial charge in [-0.15, -0.1) is 0 Å². The maximum atomic E-state index is 12.0. The molecule has 0 aliphatic carbocycles. The van der Waals surface area contributed by atoms with E-state index in [0.29, 0.717) is 18.5 Å². The Morgan fingerprint density at radius 1 is 1.45 bits per heavy atom. The summed E-state index contributed by atoms with van der Waals surface area (Å²) in [4.78, 5) is 17.6. The number of anilines is 1. The normalized spacial score (nSPS) is 18.5. The monoisotopic (exact) mass is 267 g/mol. The molecular weight excluding hydrogens is 254 g/mol. The highest BCUT2D eigenvalue weighted by Gasteiger charge is 2.31. The van der Waals surface area contributed by atoms with Gasteiger partial charge in [0.15, 0.2) is 0 Å². The lowest BCUT2D eigenvalue weighted by Gasteiger charge is -2.23. The molecule has 2 heterocycles. The number of amides is 1. The number of benzene rings is 1. The van der Waals surface area contributed by atoms with Crippen LogP contribution in [-0.2, 0) is 4.79 Å². The molecule has 0 unspecified atom stereocenters. The lowest BCUT2D eigenvalue weighted by molar-refractivity contribution is -0.117. The van der Waals surface area contributed by atoms with Crippen molar-refractivity contribution in [2.24, 2.45) is 0 Å². The van der Waals surface area contributed by atoms with Crippen molar-refractivity contribution in [1.29, 1.82) is 5.26 Å². The van der Waals surface area contributed by atoms with Crippen LogP contribution >= 0.6 is 0 Å². The van der Waals surface area contributed by atoms with E-state index < -0.39 is 0 Å². The number of nitriles is 1. The summed E-state index contributed by atoms with van der Waals surface area (Å²) in [6, 6.07) is 9.18. The summed E-state index contributed by atoms with van der Waals surface area (Å²) in [5, 5.41) is 20.0. The van der Waals surface area contributed by atoms with E-state index in [0.717, 1.165) is 16.5 Å². The molecule has 1 N–H and O–H groups in total. The fourth-order valence-electron chi connectivity index (χ4n) is 2.68. The Labute approximate surface area is 116 Å². The minimum atomic E-state index is -0.155. The maximum Gasteiger partial charge on any atom is 0.227 e. The Morgan fingerprint density at radius 2 is 2.30 bits per heavy atom. The molecule has 2 aromatic rings. The number of rotatable bonds is 2. The lowest BCUT2D eigenvalue weighted by atomic mass is 10.1. The quantitative estimate of drug-likeness (QED) is 0.896. The number of carbonyl (C=O) groups excluding carboxylic acids is 1. The first-order chi connectivity index (χ1) is 9.74. The number of nitrogens with zero attached hydrogens (tertiary/aromatic N) is 3. The van der Waals surface area contributed by atoms with Gasteiger partial charge in [0.2, 0.25) is 5.91 Å². The molecule has 5 heteroatoms. The molecule has 20 heavy (non-hydrogen) atoms. The maximum absolute atomic E-state index is 12.0. The predicted octanol–water partition coefficient (Wildman–Crippen LogP) is 1.59. The third kappa shape index (κ3) is 1.91. The zero-order valence-corrected chi connectivity index (χ0v) is 10.8. The average molecular weight is 267 g/mol. The summed E-state index contributed by atoms with van der Waals surface area (Å²) in [5.41, 5.74) is 1.13. The molecule has 1 aliphatic heterocycles. The van der Waals surface area contributed by atoms with Crippen LogP contribution in [0.25, 0.3) is 10.8 Å². The van der Waals surface area contributed by atoms with Crippen LogP contribution in [0.3, 0.4) is 0 Å². The Bertz CT molecular complexity index is 721. The summed E-state index contributed by atoms with van der Waals surface area (Å²) in [7, 11) is 0. The Hall–Kier alpha value is -2.45. The number of aliphatic hydroxyl groups excluding tert-OH is 1. The van der Waals surface area contributed by atoms with E-state index in [9.17, 15) is 9.90 Å². The number of hydrogen-bond acceptors (Lipinski definition) is 4. The molecule has 0 saturated carbocycles. The van der Waals surface area contributed by atoms with E-state index in [1.165, 1.54) is 0 Å². The molecule has 1 atom stereocenters. The van der Waals surface area contributed by atoms with Gasteiger partial charge in [-0.2, -0.15) is 5.26 Å². The first-order valence-electron chi connectivity index (χ1n) is 6.46. The minimum absolute atomic E-state index is 0.0259. The van der Waals surface area contributed by atoms with Gasteiger partial charge in [-0.05, 0) is 36.1 Å². The van der Waals surface area contributed by atoms with E-state index >= 15 is 0 Å². The van der Waals surface area contributed by atoms with Crippen molar-refractivity contribution in [3.8, 4) is 6.07 Å². The molecular formula is C15H13N3O2. The van der Waals surface area contributed by atoms with Crippen molar-refractivity contribution in [3.63, 3.8) is 0 Å². The fourth-order valence-corrected chi connectivity index (χ4v) is 2.68. The second-order valence-electron chi connectivity index (χ2n) is 4.82. The topological polar surface area (TPSA) is 77.2 Å². The molecule has 0 bridgehead atoms. The van der Waals surface area contributed by atoms with Crippen LogP contribution in [0.5, 0.6) is 0 Å². The lowest BCUT2D eigenvalue weighted by Crippen LogP contribution is -2.35. The first kappa shape index (κ1) is 12.6. The zero-order valence-electron chi connectivity index (χ0n) is 10.8. The van der Waals surface area contributed by atoms with Gasteiger partial charge in [0.1, 0.15) is 11.8 Å². The fraction of sp³-hybridized carbons (Fsp3) is 0.267. The van der Waals surface area contributed by atoms with Gasteiger partial charge in [-0.3, -0.25) is 4.79 Å². The number of pyridine rings is 1. The Kier molecular flexibility index (Phi) is 3.09. The number of carbonyl (C=O) groups is 1. The number of aliphatic hydroxyl groups is 1. The summed E-state index contributed by atoms with van der Waals surface area (Å²) in [6.45, 7) is -0.0381.